The van der Waals surface area contributed by atoms with E-state index < -0.39 is 0 Å². The zero-order valence-corrected chi connectivity index (χ0v) is 16.6. The number of pyridine rings is 1. The summed E-state index contributed by atoms with van der Waals surface area (Å²) in [6.07, 6.45) is 3.45. The zero-order valence-electron chi connectivity index (χ0n) is 15.8. The number of amides is 1. The highest BCUT2D eigenvalue weighted by atomic mass is 32.1. The van der Waals surface area contributed by atoms with Gasteiger partial charge in [0.2, 0.25) is 0 Å². The predicted octanol–water partition coefficient (Wildman–Crippen LogP) is 4.31. The quantitative estimate of drug-likeness (QED) is 0.458. The van der Waals surface area contributed by atoms with Gasteiger partial charge in [-0.2, -0.15) is 0 Å². The van der Waals surface area contributed by atoms with Gasteiger partial charge in [-0.3, -0.25) is 14.7 Å². The molecule has 6 nitrogen and oxygen atoms in total. The average Bonchev–Trinajstić information content (AvgIpc) is 3.20. The molecule has 2 aromatic heterocycles. The van der Waals surface area contributed by atoms with Crippen LogP contribution in [0.15, 0.2) is 73.1 Å². The first kappa shape index (κ1) is 18.9. The summed E-state index contributed by atoms with van der Waals surface area (Å²) < 4.78 is 12.1. The average molecular weight is 405 g/mol. The zero-order chi connectivity index (χ0) is 20.1. The van der Waals surface area contributed by atoms with E-state index in [0.717, 1.165) is 15.8 Å². The van der Waals surface area contributed by atoms with Crippen molar-refractivity contribution in [2.24, 2.45) is 0 Å². The third kappa shape index (κ3) is 4.35. The molecule has 1 amide bonds. The first-order valence-corrected chi connectivity index (χ1v) is 9.87. The minimum atomic E-state index is -0.196. The molecule has 0 aliphatic rings. The fraction of sp³-hybridized carbons (Fsp3) is 0.136. The number of fused-ring (bicyclic) bond motifs is 1. The molecule has 2 heterocycles. The molecule has 4 rings (SSSR count). The molecule has 0 bridgehead atoms. The van der Waals surface area contributed by atoms with Gasteiger partial charge >= 0.3 is 0 Å². The number of benzene rings is 2. The Morgan fingerprint density at radius 3 is 2.59 bits per heavy atom. The molecule has 7 heteroatoms. The van der Waals surface area contributed by atoms with Crippen molar-refractivity contribution in [1.29, 1.82) is 0 Å². The summed E-state index contributed by atoms with van der Waals surface area (Å²) >= 11 is 1.48. The van der Waals surface area contributed by atoms with E-state index in [2.05, 4.69) is 9.97 Å². The Kier molecular flexibility index (Phi) is 5.67. The van der Waals surface area contributed by atoms with Gasteiger partial charge in [-0.15, -0.1) is 0 Å². The van der Waals surface area contributed by atoms with Crippen LogP contribution in [0.1, 0.15) is 5.56 Å². The normalized spacial score (nSPS) is 10.7. The van der Waals surface area contributed by atoms with E-state index in [0.29, 0.717) is 23.2 Å². The third-order valence-corrected chi connectivity index (χ3v) is 5.36. The van der Waals surface area contributed by atoms with Gasteiger partial charge in [-0.05, 0) is 35.9 Å². The molecule has 4 aromatic rings. The summed E-state index contributed by atoms with van der Waals surface area (Å²) in [6, 6.07) is 18.9. The van der Waals surface area contributed by atoms with E-state index in [1.807, 2.05) is 48.5 Å². The van der Waals surface area contributed by atoms with Crippen molar-refractivity contribution in [2.75, 3.05) is 18.6 Å². The number of carbonyl (C=O) groups is 1. The van der Waals surface area contributed by atoms with Crippen LogP contribution in [0.4, 0.5) is 5.13 Å². The topological polar surface area (TPSA) is 64.6 Å². The molecule has 2 aromatic carbocycles. The largest absolute Gasteiger partial charge is 0.493 e. The fourth-order valence-corrected chi connectivity index (χ4v) is 3.85. The van der Waals surface area contributed by atoms with Gasteiger partial charge in [0.1, 0.15) is 0 Å². The Morgan fingerprint density at radius 1 is 1.03 bits per heavy atom. The Balaban J connectivity index is 1.59. The van der Waals surface area contributed by atoms with Crippen LogP contribution in [0.5, 0.6) is 11.5 Å². The van der Waals surface area contributed by atoms with Gasteiger partial charge in [-0.1, -0.05) is 41.7 Å². The summed E-state index contributed by atoms with van der Waals surface area (Å²) in [6.45, 7) is 0.234. The maximum atomic E-state index is 13.1. The number of rotatable bonds is 7. The number of thiazole rings is 1. The Bertz CT molecular complexity index is 1080. The Morgan fingerprint density at radius 2 is 1.83 bits per heavy atom. The van der Waals surface area contributed by atoms with Crippen molar-refractivity contribution in [3.05, 3.63) is 78.6 Å². The van der Waals surface area contributed by atoms with Crippen molar-refractivity contribution in [2.45, 2.75) is 6.54 Å². The number of ether oxygens (including phenoxy) is 2. The summed E-state index contributed by atoms with van der Waals surface area (Å²) in [4.78, 5) is 23.5. The SMILES string of the molecule is COc1ccccc1OCC(=O)N(Cc1cccnc1)c1nc2ccccc2s1. The molecule has 0 aliphatic carbocycles. The Hall–Kier alpha value is -3.45. The van der Waals surface area contributed by atoms with E-state index in [4.69, 9.17) is 9.47 Å². The summed E-state index contributed by atoms with van der Waals surface area (Å²) in [5, 5.41) is 0.628. The second kappa shape index (κ2) is 8.70. The van der Waals surface area contributed by atoms with Crippen LogP contribution in [-0.4, -0.2) is 29.6 Å². The number of hydrogen-bond acceptors (Lipinski definition) is 6. The lowest BCUT2D eigenvalue weighted by molar-refractivity contribution is -0.120. The van der Waals surface area contributed by atoms with Crippen molar-refractivity contribution >= 4 is 32.6 Å². The molecule has 0 saturated heterocycles. The number of hydrogen-bond donors (Lipinski definition) is 0. The van der Waals surface area contributed by atoms with Gasteiger partial charge in [0.05, 0.1) is 23.9 Å². The number of aromatic nitrogens is 2. The Labute approximate surface area is 172 Å². The molecule has 0 saturated carbocycles. The van der Waals surface area contributed by atoms with Crippen LogP contribution in [0.25, 0.3) is 10.2 Å². The molecule has 29 heavy (non-hydrogen) atoms. The lowest BCUT2D eigenvalue weighted by atomic mass is 10.2. The summed E-state index contributed by atoms with van der Waals surface area (Å²) in [5.74, 6) is 0.909. The van der Waals surface area contributed by atoms with Crippen molar-refractivity contribution in [3.8, 4) is 11.5 Å². The van der Waals surface area contributed by atoms with Crippen molar-refractivity contribution in [3.63, 3.8) is 0 Å². The summed E-state index contributed by atoms with van der Waals surface area (Å²) in [7, 11) is 1.57. The molecule has 0 radical (unpaired) electrons. The van der Waals surface area contributed by atoms with Gasteiger partial charge in [0, 0.05) is 12.4 Å². The van der Waals surface area contributed by atoms with Gasteiger partial charge in [0.15, 0.2) is 23.2 Å². The number of nitrogens with zero attached hydrogens (tertiary/aromatic N) is 3. The molecule has 0 N–H and O–H groups in total. The highest BCUT2D eigenvalue weighted by Gasteiger charge is 2.21. The number of para-hydroxylation sites is 3. The predicted molar refractivity (Wildman–Crippen MR) is 114 cm³/mol. The van der Waals surface area contributed by atoms with Gasteiger partial charge in [0.25, 0.3) is 5.91 Å². The van der Waals surface area contributed by atoms with Gasteiger partial charge in [-0.25, -0.2) is 4.98 Å². The molecule has 146 valence electrons. The van der Waals surface area contributed by atoms with Crippen LogP contribution in [0, 0.1) is 0 Å². The van der Waals surface area contributed by atoms with E-state index in [1.54, 1.807) is 36.5 Å². The lowest BCUT2D eigenvalue weighted by Gasteiger charge is -2.20. The monoisotopic (exact) mass is 405 g/mol. The second-order valence-corrected chi connectivity index (χ2v) is 7.25. The number of carbonyl (C=O) groups excluding carboxylic acids is 1. The fourth-order valence-electron chi connectivity index (χ4n) is 2.87. The van der Waals surface area contributed by atoms with Crippen LogP contribution in [-0.2, 0) is 11.3 Å². The van der Waals surface area contributed by atoms with Crippen LogP contribution in [0.2, 0.25) is 0 Å². The first-order chi connectivity index (χ1) is 14.2. The second-order valence-electron chi connectivity index (χ2n) is 6.24. The van der Waals surface area contributed by atoms with Gasteiger partial charge < -0.3 is 9.47 Å². The molecular weight excluding hydrogens is 386 g/mol. The van der Waals surface area contributed by atoms with Crippen LogP contribution < -0.4 is 14.4 Å². The van der Waals surface area contributed by atoms with Crippen molar-refractivity contribution in [1.82, 2.24) is 9.97 Å². The number of anilines is 1. The van der Waals surface area contributed by atoms with E-state index >= 15 is 0 Å². The molecule has 0 fully saturated rings. The van der Waals surface area contributed by atoms with Crippen LogP contribution >= 0.6 is 11.3 Å². The minimum absolute atomic E-state index is 0.128. The maximum Gasteiger partial charge on any atom is 0.267 e. The van der Waals surface area contributed by atoms with E-state index in [-0.39, 0.29) is 12.5 Å². The highest BCUT2D eigenvalue weighted by molar-refractivity contribution is 7.22. The smallest absolute Gasteiger partial charge is 0.267 e. The van der Waals surface area contributed by atoms with E-state index in [9.17, 15) is 4.79 Å². The van der Waals surface area contributed by atoms with E-state index in [1.165, 1.54) is 11.3 Å². The maximum absolute atomic E-state index is 13.1. The molecule has 0 aliphatic heterocycles. The molecule has 0 unspecified atom stereocenters. The summed E-state index contributed by atoms with van der Waals surface area (Å²) in [5.41, 5.74) is 1.78. The molecule has 0 atom stereocenters. The molecular formula is C22H19N3O3S. The third-order valence-electron chi connectivity index (χ3n) is 4.30. The number of methoxy groups -OCH3 is 1. The van der Waals surface area contributed by atoms with Crippen molar-refractivity contribution < 1.29 is 14.3 Å². The minimum Gasteiger partial charge on any atom is -0.493 e. The first-order valence-electron chi connectivity index (χ1n) is 9.05. The highest BCUT2D eigenvalue weighted by Crippen LogP contribution is 2.30. The van der Waals surface area contributed by atoms with Crippen LogP contribution in [0.3, 0.4) is 0 Å². The standard InChI is InChI=1S/C22H19N3O3S/c1-27-18-9-3-4-10-19(18)28-15-21(26)25(14-16-7-6-12-23-13-16)22-24-17-8-2-5-11-20(17)29-22/h2-13H,14-15H2,1H3. The molecule has 0 spiro atoms. The lowest BCUT2D eigenvalue weighted by Crippen LogP contribution is -2.34.